The maximum atomic E-state index is 12.5. The van der Waals surface area contributed by atoms with E-state index in [2.05, 4.69) is 10.3 Å². The summed E-state index contributed by atoms with van der Waals surface area (Å²) in [7, 11) is 0. The van der Waals surface area contributed by atoms with Gasteiger partial charge in [-0.1, -0.05) is 26.7 Å². The molecule has 27 heavy (non-hydrogen) atoms. The Morgan fingerprint density at radius 3 is 2.52 bits per heavy atom. The van der Waals surface area contributed by atoms with Gasteiger partial charge in [-0.05, 0) is 31.0 Å². The molecule has 2 fully saturated rings. The largest absolute Gasteiger partial charge is 0.440 e. The number of carbonyl (C=O) groups is 3. The molecule has 1 N–H and O–H groups in total. The monoisotopic (exact) mass is 369 g/mol. The van der Waals surface area contributed by atoms with Crippen molar-refractivity contribution in [2.45, 2.75) is 45.4 Å². The number of amides is 3. The van der Waals surface area contributed by atoms with Crippen molar-refractivity contribution in [3.05, 3.63) is 24.1 Å². The molecular formula is C20H23N3O4. The second-order valence-corrected chi connectivity index (χ2v) is 7.70. The smallest absolute Gasteiger partial charge is 0.244 e. The van der Waals surface area contributed by atoms with Crippen LogP contribution in [0.3, 0.4) is 0 Å². The summed E-state index contributed by atoms with van der Waals surface area (Å²) in [5, 5.41) is 2.76. The molecule has 1 aliphatic heterocycles. The SMILES string of the molecule is CC(C)c1nc2cc(NC(=O)CN3C(=O)C4CCCCC4C3=O)ccc2o1. The number of oxazole rings is 1. The summed E-state index contributed by atoms with van der Waals surface area (Å²) in [6.45, 7) is 3.75. The number of hydrogen-bond acceptors (Lipinski definition) is 5. The molecule has 7 heteroatoms. The summed E-state index contributed by atoms with van der Waals surface area (Å²) < 4.78 is 5.66. The Morgan fingerprint density at radius 2 is 1.89 bits per heavy atom. The number of hydrogen-bond donors (Lipinski definition) is 1. The summed E-state index contributed by atoms with van der Waals surface area (Å²) in [5.41, 5.74) is 1.88. The molecule has 2 unspecified atom stereocenters. The number of aromatic nitrogens is 1. The molecule has 1 saturated heterocycles. The summed E-state index contributed by atoms with van der Waals surface area (Å²) in [5.74, 6) is -0.445. The van der Waals surface area contributed by atoms with E-state index >= 15 is 0 Å². The number of anilines is 1. The second-order valence-electron chi connectivity index (χ2n) is 7.70. The number of nitrogens with one attached hydrogen (secondary N) is 1. The van der Waals surface area contributed by atoms with Crippen molar-refractivity contribution in [3.8, 4) is 0 Å². The summed E-state index contributed by atoms with van der Waals surface area (Å²) in [4.78, 5) is 42.9. The van der Waals surface area contributed by atoms with Gasteiger partial charge in [0.2, 0.25) is 17.7 Å². The molecule has 0 spiro atoms. The standard InChI is InChI=1S/C20H23N3O4/c1-11(2)18-22-15-9-12(7-8-16(15)27-18)21-17(24)10-23-19(25)13-5-3-4-6-14(13)20(23)26/h7-9,11,13-14H,3-6,10H2,1-2H3,(H,21,24). The van der Waals surface area contributed by atoms with Gasteiger partial charge in [0, 0.05) is 11.6 Å². The highest BCUT2D eigenvalue weighted by Gasteiger charge is 2.48. The molecule has 1 saturated carbocycles. The van der Waals surface area contributed by atoms with Crippen molar-refractivity contribution in [2.24, 2.45) is 11.8 Å². The number of imide groups is 1. The van der Waals surface area contributed by atoms with Crippen LogP contribution >= 0.6 is 0 Å². The van der Waals surface area contributed by atoms with E-state index in [1.165, 1.54) is 0 Å². The van der Waals surface area contributed by atoms with Crippen LogP contribution < -0.4 is 5.32 Å². The van der Waals surface area contributed by atoms with E-state index < -0.39 is 0 Å². The fraction of sp³-hybridized carbons (Fsp3) is 0.500. The van der Waals surface area contributed by atoms with Crippen LogP contribution in [0.25, 0.3) is 11.1 Å². The van der Waals surface area contributed by atoms with Gasteiger partial charge in [-0.25, -0.2) is 4.98 Å². The van der Waals surface area contributed by atoms with Crippen LogP contribution in [0, 0.1) is 11.8 Å². The first-order chi connectivity index (χ1) is 12.9. The highest BCUT2D eigenvalue weighted by Crippen LogP contribution is 2.37. The van der Waals surface area contributed by atoms with Crippen LogP contribution in [0.1, 0.15) is 51.3 Å². The van der Waals surface area contributed by atoms with Crippen molar-refractivity contribution < 1.29 is 18.8 Å². The van der Waals surface area contributed by atoms with Crippen LogP contribution in [0.2, 0.25) is 0 Å². The van der Waals surface area contributed by atoms with E-state index in [0.717, 1.165) is 30.6 Å². The van der Waals surface area contributed by atoms with Crippen LogP contribution in [0.4, 0.5) is 5.69 Å². The zero-order valence-corrected chi connectivity index (χ0v) is 15.5. The van der Waals surface area contributed by atoms with E-state index in [4.69, 9.17) is 4.42 Å². The average molecular weight is 369 g/mol. The van der Waals surface area contributed by atoms with Gasteiger partial charge >= 0.3 is 0 Å². The lowest BCUT2D eigenvalue weighted by Crippen LogP contribution is -2.38. The number of rotatable bonds is 4. The van der Waals surface area contributed by atoms with Crippen molar-refractivity contribution >= 4 is 34.5 Å². The average Bonchev–Trinajstić information content (AvgIpc) is 3.17. The highest BCUT2D eigenvalue weighted by atomic mass is 16.3. The van der Waals surface area contributed by atoms with E-state index in [1.54, 1.807) is 18.2 Å². The van der Waals surface area contributed by atoms with Gasteiger partial charge in [-0.2, -0.15) is 0 Å². The fourth-order valence-electron chi connectivity index (χ4n) is 4.00. The first kappa shape index (κ1) is 17.7. The molecular weight excluding hydrogens is 346 g/mol. The van der Waals surface area contributed by atoms with Gasteiger partial charge in [0.15, 0.2) is 11.5 Å². The lowest BCUT2D eigenvalue weighted by Gasteiger charge is -2.19. The molecule has 1 aliphatic carbocycles. The maximum Gasteiger partial charge on any atom is 0.244 e. The molecule has 142 valence electrons. The number of likely N-dealkylation sites (tertiary alicyclic amines) is 1. The number of fused-ring (bicyclic) bond motifs is 2. The first-order valence-corrected chi connectivity index (χ1v) is 9.49. The third kappa shape index (κ3) is 3.22. The maximum absolute atomic E-state index is 12.5. The number of benzene rings is 1. The predicted molar refractivity (Wildman–Crippen MR) is 98.9 cm³/mol. The molecule has 2 aromatic rings. The van der Waals surface area contributed by atoms with Crippen molar-refractivity contribution in [1.29, 1.82) is 0 Å². The van der Waals surface area contributed by atoms with Crippen molar-refractivity contribution in [1.82, 2.24) is 9.88 Å². The lowest BCUT2D eigenvalue weighted by atomic mass is 9.81. The third-order valence-corrected chi connectivity index (χ3v) is 5.42. The molecule has 4 rings (SSSR count). The van der Waals surface area contributed by atoms with Crippen molar-refractivity contribution in [2.75, 3.05) is 11.9 Å². The van der Waals surface area contributed by atoms with E-state index in [9.17, 15) is 14.4 Å². The van der Waals surface area contributed by atoms with Crippen LogP contribution in [-0.2, 0) is 14.4 Å². The zero-order valence-electron chi connectivity index (χ0n) is 15.5. The molecule has 2 atom stereocenters. The number of nitrogens with zero attached hydrogens (tertiary/aromatic N) is 2. The predicted octanol–water partition coefficient (Wildman–Crippen LogP) is 3.06. The molecule has 1 aromatic heterocycles. The van der Waals surface area contributed by atoms with Gasteiger partial charge in [-0.3, -0.25) is 19.3 Å². The topological polar surface area (TPSA) is 92.5 Å². The van der Waals surface area contributed by atoms with Crippen LogP contribution in [0.5, 0.6) is 0 Å². The summed E-state index contributed by atoms with van der Waals surface area (Å²) in [6.07, 6.45) is 3.43. The Hall–Kier alpha value is -2.70. The van der Waals surface area contributed by atoms with Crippen LogP contribution in [0.15, 0.2) is 22.6 Å². The van der Waals surface area contributed by atoms with E-state index in [-0.39, 0.29) is 42.0 Å². The Morgan fingerprint density at radius 1 is 1.22 bits per heavy atom. The molecule has 2 aliphatic rings. The normalized spacial score (nSPS) is 22.6. The van der Waals surface area contributed by atoms with E-state index in [1.807, 2.05) is 13.8 Å². The zero-order chi connectivity index (χ0) is 19.1. The quantitative estimate of drug-likeness (QED) is 0.836. The molecule has 0 radical (unpaired) electrons. The minimum atomic E-state index is -0.387. The van der Waals surface area contributed by atoms with Crippen LogP contribution in [-0.4, -0.2) is 34.2 Å². The minimum absolute atomic E-state index is 0.172. The Labute approximate surface area is 157 Å². The molecule has 7 nitrogen and oxygen atoms in total. The minimum Gasteiger partial charge on any atom is -0.440 e. The Bertz CT molecular complexity index is 893. The molecule has 2 heterocycles. The Balaban J connectivity index is 1.45. The van der Waals surface area contributed by atoms with Gasteiger partial charge in [0.1, 0.15) is 12.1 Å². The van der Waals surface area contributed by atoms with E-state index in [0.29, 0.717) is 22.7 Å². The third-order valence-electron chi connectivity index (χ3n) is 5.42. The molecule has 3 amide bonds. The van der Waals surface area contributed by atoms with Crippen molar-refractivity contribution in [3.63, 3.8) is 0 Å². The summed E-state index contributed by atoms with van der Waals surface area (Å²) in [6, 6.07) is 5.21. The molecule has 1 aromatic carbocycles. The fourth-order valence-corrected chi connectivity index (χ4v) is 4.00. The van der Waals surface area contributed by atoms with Gasteiger partial charge in [-0.15, -0.1) is 0 Å². The molecule has 0 bridgehead atoms. The Kier molecular flexibility index (Phi) is 4.45. The first-order valence-electron chi connectivity index (χ1n) is 9.49. The van der Waals surface area contributed by atoms with Gasteiger partial charge < -0.3 is 9.73 Å². The summed E-state index contributed by atoms with van der Waals surface area (Å²) >= 11 is 0. The van der Waals surface area contributed by atoms with Gasteiger partial charge in [0.25, 0.3) is 0 Å². The van der Waals surface area contributed by atoms with Gasteiger partial charge in [0.05, 0.1) is 11.8 Å². The number of carbonyl (C=O) groups excluding carboxylic acids is 3. The highest BCUT2D eigenvalue weighted by molar-refractivity contribution is 6.08. The second kappa shape index (κ2) is 6.79. The lowest BCUT2D eigenvalue weighted by molar-refractivity contribution is -0.142.